The van der Waals surface area contributed by atoms with E-state index in [1.54, 1.807) is 13.2 Å². The van der Waals surface area contributed by atoms with Gasteiger partial charge in [-0.2, -0.15) is 0 Å². The second kappa shape index (κ2) is 7.62. The molecule has 1 aliphatic heterocycles. The number of nitrogens with zero attached hydrogens (tertiary/aromatic N) is 3. The zero-order valence-corrected chi connectivity index (χ0v) is 15.4. The van der Waals surface area contributed by atoms with Gasteiger partial charge in [0.2, 0.25) is 0 Å². The van der Waals surface area contributed by atoms with Crippen molar-refractivity contribution in [2.45, 2.75) is 50.7 Å². The highest BCUT2D eigenvalue weighted by Gasteiger charge is 2.27. The summed E-state index contributed by atoms with van der Waals surface area (Å²) in [6, 6.07) is 8.92. The number of hydrogen-bond acceptors (Lipinski definition) is 4. The minimum Gasteiger partial charge on any atom is -0.490 e. The molecular formula is C21H27N3O2. The lowest BCUT2D eigenvalue weighted by atomic mass is 10.0. The summed E-state index contributed by atoms with van der Waals surface area (Å²) in [5.74, 6) is 0.922. The number of hydrogen-bond donors (Lipinski definition) is 0. The van der Waals surface area contributed by atoms with Gasteiger partial charge in [-0.3, -0.25) is 0 Å². The summed E-state index contributed by atoms with van der Waals surface area (Å²) in [5, 5.41) is 0. The average molecular weight is 353 g/mol. The Morgan fingerprint density at radius 3 is 2.35 bits per heavy atom. The maximum Gasteiger partial charge on any atom is 0.347 e. The second-order valence-electron chi connectivity index (χ2n) is 7.55. The van der Waals surface area contributed by atoms with Crippen LogP contribution in [0.15, 0.2) is 41.5 Å². The molecule has 2 aromatic rings. The molecule has 0 spiro atoms. The first kappa shape index (κ1) is 17.3. The van der Waals surface area contributed by atoms with Crippen LogP contribution in [0.4, 0.5) is 0 Å². The monoisotopic (exact) mass is 353 g/mol. The van der Waals surface area contributed by atoms with Crippen LogP contribution in [0, 0.1) is 0 Å². The summed E-state index contributed by atoms with van der Waals surface area (Å²) in [7, 11) is 1.72. The summed E-state index contributed by atoms with van der Waals surface area (Å²) < 4.78 is 7.70. The van der Waals surface area contributed by atoms with Gasteiger partial charge in [0.05, 0.1) is 0 Å². The molecule has 138 valence electrons. The molecule has 2 heterocycles. The molecule has 1 saturated heterocycles. The smallest absolute Gasteiger partial charge is 0.347 e. The molecule has 1 aromatic heterocycles. The number of likely N-dealkylation sites (tertiary alicyclic amines) is 1. The van der Waals surface area contributed by atoms with E-state index in [1.807, 2.05) is 30.5 Å². The van der Waals surface area contributed by atoms with Crippen LogP contribution in [0.5, 0.6) is 5.75 Å². The average Bonchev–Trinajstić information content (AvgIpc) is 3.20. The number of piperidine rings is 1. The van der Waals surface area contributed by atoms with Gasteiger partial charge in [-0.25, -0.2) is 9.78 Å². The lowest BCUT2D eigenvalue weighted by Crippen LogP contribution is -2.43. The molecule has 2 aliphatic rings. The molecule has 26 heavy (non-hydrogen) atoms. The van der Waals surface area contributed by atoms with E-state index in [4.69, 9.17) is 4.74 Å². The van der Waals surface area contributed by atoms with Crippen LogP contribution in [0.1, 0.15) is 38.5 Å². The Bertz CT molecular complexity index is 786. The first-order valence-corrected chi connectivity index (χ1v) is 9.73. The molecule has 0 radical (unpaired) electrons. The van der Waals surface area contributed by atoms with Gasteiger partial charge < -0.3 is 14.2 Å². The largest absolute Gasteiger partial charge is 0.490 e. The van der Waals surface area contributed by atoms with Crippen molar-refractivity contribution in [1.29, 1.82) is 0 Å². The van der Waals surface area contributed by atoms with Crippen molar-refractivity contribution in [2.75, 3.05) is 13.1 Å². The van der Waals surface area contributed by atoms with Crippen molar-refractivity contribution in [2.24, 2.45) is 7.05 Å². The highest BCUT2D eigenvalue weighted by molar-refractivity contribution is 5.62. The van der Waals surface area contributed by atoms with E-state index < -0.39 is 0 Å². The molecule has 5 heteroatoms. The summed E-state index contributed by atoms with van der Waals surface area (Å²) in [5.41, 5.74) is 1.73. The quantitative estimate of drug-likeness (QED) is 0.847. The highest BCUT2D eigenvalue weighted by Crippen LogP contribution is 2.28. The Kier molecular flexibility index (Phi) is 5.07. The van der Waals surface area contributed by atoms with Crippen molar-refractivity contribution in [3.63, 3.8) is 0 Å². The third-order valence-corrected chi connectivity index (χ3v) is 5.76. The fourth-order valence-electron chi connectivity index (χ4n) is 4.21. The van der Waals surface area contributed by atoms with Crippen molar-refractivity contribution in [3.05, 3.63) is 47.1 Å². The minimum absolute atomic E-state index is 0.238. The minimum atomic E-state index is -0.238. The third-order valence-electron chi connectivity index (χ3n) is 5.76. The highest BCUT2D eigenvalue weighted by atomic mass is 16.5. The van der Waals surface area contributed by atoms with Gasteiger partial charge in [0.25, 0.3) is 0 Å². The summed E-state index contributed by atoms with van der Waals surface area (Å²) in [6.07, 6.45) is 11.5. The molecule has 0 unspecified atom stereocenters. The van der Waals surface area contributed by atoms with Gasteiger partial charge in [0.15, 0.2) is 0 Å². The van der Waals surface area contributed by atoms with Crippen LogP contribution < -0.4 is 10.4 Å². The molecule has 1 saturated carbocycles. The van der Waals surface area contributed by atoms with Crippen molar-refractivity contribution in [1.82, 2.24) is 14.5 Å². The van der Waals surface area contributed by atoms with Crippen LogP contribution in [-0.4, -0.2) is 39.7 Å². The predicted molar refractivity (Wildman–Crippen MR) is 102 cm³/mol. The van der Waals surface area contributed by atoms with Gasteiger partial charge in [-0.15, -0.1) is 0 Å². The molecular weight excluding hydrogens is 326 g/mol. The maximum atomic E-state index is 11.4. The zero-order valence-electron chi connectivity index (χ0n) is 15.4. The van der Waals surface area contributed by atoms with Gasteiger partial charge >= 0.3 is 5.69 Å². The lowest BCUT2D eigenvalue weighted by molar-refractivity contribution is 0.0768. The Morgan fingerprint density at radius 2 is 1.69 bits per heavy atom. The van der Waals surface area contributed by atoms with E-state index >= 15 is 0 Å². The topological polar surface area (TPSA) is 47.4 Å². The third kappa shape index (κ3) is 3.83. The van der Waals surface area contributed by atoms with Crippen LogP contribution in [-0.2, 0) is 7.05 Å². The van der Waals surface area contributed by atoms with E-state index in [2.05, 4.69) is 9.88 Å². The fourth-order valence-corrected chi connectivity index (χ4v) is 4.21. The molecule has 0 bridgehead atoms. The second-order valence-corrected chi connectivity index (χ2v) is 7.55. The van der Waals surface area contributed by atoms with E-state index in [0.717, 1.165) is 48.8 Å². The molecule has 1 aliphatic carbocycles. The summed E-state index contributed by atoms with van der Waals surface area (Å²) in [4.78, 5) is 18.0. The zero-order chi connectivity index (χ0) is 17.9. The van der Waals surface area contributed by atoms with E-state index in [1.165, 1.54) is 30.3 Å². The number of rotatable bonds is 4. The van der Waals surface area contributed by atoms with Crippen LogP contribution >= 0.6 is 0 Å². The number of benzene rings is 1. The molecule has 0 atom stereocenters. The van der Waals surface area contributed by atoms with Gasteiger partial charge in [-0.1, -0.05) is 25.0 Å². The fraction of sp³-hybridized carbons (Fsp3) is 0.524. The van der Waals surface area contributed by atoms with Crippen molar-refractivity contribution < 1.29 is 4.74 Å². The maximum absolute atomic E-state index is 11.4. The van der Waals surface area contributed by atoms with E-state index in [9.17, 15) is 4.79 Å². The van der Waals surface area contributed by atoms with Crippen LogP contribution in [0.25, 0.3) is 11.1 Å². The number of ether oxygens (including phenoxy) is 1. The molecule has 0 N–H and O–H groups in total. The molecule has 2 fully saturated rings. The molecule has 1 aromatic carbocycles. The normalized spacial score (nSPS) is 19.7. The van der Waals surface area contributed by atoms with Gasteiger partial charge in [-0.05, 0) is 43.4 Å². The Labute approximate surface area is 154 Å². The first-order chi connectivity index (χ1) is 12.7. The van der Waals surface area contributed by atoms with Gasteiger partial charge in [0, 0.05) is 44.1 Å². The van der Waals surface area contributed by atoms with E-state index in [0.29, 0.717) is 6.10 Å². The van der Waals surface area contributed by atoms with Crippen molar-refractivity contribution in [3.8, 4) is 16.9 Å². The van der Waals surface area contributed by atoms with Crippen LogP contribution in [0.3, 0.4) is 0 Å². The molecule has 5 nitrogen and oxygen atoms in total. The Balaban J connectivity index is 1.34. The first-order valence-electron chi connectivity index (χ1n) is 9.73. The Morgan fingerprint density at radius 1 is 1.00 bits per heavy atom. The lowest BCUT2D eigenvalue weighted by Gasteiger charge is -2.36. The number of aromatic nitrogens is 2. The predicted octanol–water partition coefficient (Wildman–Crippen LogP) is 3.23. The Hall–Kier alpha value is -2.14. The van der Waals surface area contributed by atoms with E-state index in [-0.39, 0.29) is 5.69 Å². The molecule has 0 amide bonds. The van der Waals surface area contributed by atoms with Crippen molar-refractivity contribution >= 4 is 0 Å². The van der Waals surface area contributed by atoms with Gasteiger partial charge in [0.1, 0.15) is 11.9 Å². The molecule has 4 rings (SSSR count). The SMILES string of the molecule is Cn1cc(-c2ccc(OC3CCN(C4CCCC4)CC3)cc2)cnc1=O. The summed E-state index contributed by atoms with van der Waals surface area (Å²) >= 11 is 0. The van der Waals surface area contributed by atoms with Crippen LogP contribution in [0.2, 0.25) is 0 Å². The number of aryl methyl sites for hydroxylation is 1. The standard InChI is InChI=1S/C21H27N3O2/c1-23-15-17(14-22-21(23)25)16-6-8-19(9-7-16)26-20-10-12-24(13-11-20)18-4-2-3-5-18/h6-9,14-15,18,20H,2-5,10-13H2,1H3. The summed E-state index contributed by atoms with van der Waals surface area (Å²) in [6.45, 7) is 2.33.